The van der Waals surface area contributed by atoms with Crippen molar-refractivity contribution in [2.45, 2.75) is 31.7 Å². The van der Waals surface area contributed by atoms with E-state index in [0.29, 0.717) is 28.6 Å². The van der Waals surface area contributed by atoms with Gasteiger partial charge in [-0.25, -0.2) is 0 Å². The van der Waals surface area contributed by atoms with Crippen molar-refractivity contribution in [1.29, 1.82) is 0 Å². The van der Waals surface area contributed by atoms with Crippen LogP contribution in [0.15, 0.2) is 78.9 Å². The lowest BCUT2D eigenvalue weighted by Crippen LogP contribution is -2.46. The lowest BCUT2D eigenvalue weighted by molar-refractivity contribution is -0.127. The summed E-state index contributed by atoms with van der Waals surface area (Å²) < 4.78 is 0. The fourth-order valence-corrected chi connectivity index (χ4v) is 3.86. The first-order chi connectivity index (χ1) is 15.0. The SMILES string of the molecule is CCC(C(=O)NC(Cc1ccccc1)C(=O)Nc1ccc(Cl)cc1Cl)c1ccccc1. The minimum absolute atomic E-state index is 0.188. The molecule has 2 atom stereocenters. The van der Waals surface area contributed by atoms with Crippen LogP contribution in [0.4, 0.5) is 5.69 Å². The van der Waals surface area contributed by atoms with E-state index in [1.807, 2.05) is 67.6 Å². The second-order valence-electron chi connectivity index (χ2n) is 7.24. The number of anilines is 1. The van der Waals surface area contributed by atoms with Crippen LogP contribution >= 0.6 is 23.2 Å². The Labute approximate surface area is 192 Å². The third-order valence-corrected chi connectivity index (χ3v) is 5.58. The number of nitrogens with one attached hydrogen (secondary N) is 2. The molecule has 3 aromatic rings. The van der Waals surface area contributed by atoms with Crippen LogP contribution < -0.4 is 10.6 Å². The zero-order chi connectivity index (χ0) is 22.2. The van der Waals surface area contributed by atoms with Gasteiger partial charge in [0.15, 0.2) is 0 Å². The highest BCUT2D eigenvalue weighted by Crippen LogP contribution is 2.26. The number of hydrogen-bond acceptors (Lipinski definition) is 2. The van der Waals surface area contributed by atoms with Crippen molar-refractivity contribution in [3.05, 3.63) is 100 Å². The van der Waals surface area contributed by atoms with E-state index in [0.717, 1.165) is 11.1 Å². The zero-order valence-electron chi connectivity index (χ0n) is 17.1. The third kappa shape index (κ3) is 6.33. The molecule has 0 bridgehead atoms. The van der Waals surface area contributed by atoms with Crippen LogP contribution in [0.5, 0.6) is 0 Å². The molecule has 2 N–H and O–H groups in total. The van der Waals surface area contributed by atoms with Gasteiger partial charge in [-0.2, -0.15) is 0 Å². The lowest BCUT2D eigenvalue weighted by Gasteiger charge is -2.22. The summed E-state index contributed by atoms with van der Waals surface area (Å²) in [5, 5.41) is 6.57. The van der Waals surface area contributed by atoms with Gasteiger partial charge in [-0.05, 0) is 35.7 Å². The van der Waals surface area contributed by atoms with Crippen LogP contribution in [0.3, 0.4) is 0 Å². The molecule has 6 heteroatoms. The Bertz CT molecular complexity index is 1030. The van der Waals surface area contributed by atoms with E-state index in [4.69, 9.17) is 23.2 Å². The van der Waals surface area contributed by atoms with Gasteiger partial charge in [-0.3, -0.25) is 9.59 Å². The first-order valence-electron chi connectivity index (χ1n) is 10.1. The van der Waals surface area contributed by atoms with Crippen molar-refractivity contribution in [2.24, 2.45) is 0 Å². The molecule has 3 rings (SSSR count). The maximum Gasteiger partial charge on any atom is 0.247 e. The number of carbonyl (C=O) groups is 2. The molecule has 3 aromatic carbocycles. The second kappa shape index (κ2) is 11.0. The molecule has 160 valence electrons. The first-order valence-corrected chi connectivity index (χ1v) is 10.9. The minimum atomic E-state index is -0.764. The molecular weight excluding hydrogens is 431 g/mol. The van der Waals surface area contributed by atoms with Crippen LogP contribution in [-0.2, 0) is 16.0 Å². The molecule has 0 radical (unpaired) electrons. The molecule has 0 aliphatic carbocycles. The number of amides is 2. The summed E-state index contributed by atoms with van der Waals surface area (Å²) in [6.45, 7) is 1.96. The Morgan fingerprint density at radius 1 is 0.871 bits per heavy atom. The van der Waals surface area contributed by atoms with Crippen molar-refractivity contribution >= 4 is 40.7 Å². The number of benzene rings is 3. The number of hydrogen-bond donors (Lipinski definition) is 2. The van der Waals surface area contributed by atoms with Gasteiger partial charge in [-0.1, -0.05) is 90.8 Å². The summed E-state index contributed by atoms with van der Waals surface area (Å²) in [5.74, 6) is -0.872. The molecule has 0 heterocycles. The number of halogens is 2. The quantitative estimate of drug-likeness (QED) is 0.448. The summed E-state index contributed by atoms with van der Waals surface area (Å²) in [5.41, 5.74) is 2.30. The van der Waals surface area contributed by atoms with Gasteiger partial charge in [0.25, 0.3) is 0 Å². The summed E-state index contributed by atoms with van der Waals surface area (Å²) in [6, 6.07) is 23.2. The maximum atomic E-state index is 13.1. The van der Waals surface area contributed by atoms with Crippen LogP contribution in [0.25, 0.3) is 0 Å². The smallest absolute Gasteiger partial charge is 0.247 e. The number of rotatable bonds is 8. The third-order valence-electron chi connectivity index (χ3n) is 5.03. The molecule has 0 fully saturated rings. The fraction of sp³-hybridized carbons (Fsp3) is 0.200. The summed E-state index contributed by atoms with van der Waals surface area (Å²) >= 11 is 12.2. The molecule has 31 heavy (non-hydrogen) atoms. The Morgan fingerprint density at radius 3 is 2.13 bits per heavy atom. The summed E-state index contributed by atoms with van der Waals surface area (Å²) in [7, 11) is 0. The van der Waals surface area contributed by atoms with Gasteiger partial charge in [-0.15, -0.1) is 0 Å². The van der Waals surface area contributed by atoms with Crippen molar-refractivity contribution in [3.63, 3.8) is 0 Å². The van der Waals surface area contributed by atoms with Crippen molar-refractivity contribution < 1.29 is 9.59 Å². The van der Waals surface area contributed by atoms with E-state index in [1.165, 1.54) is 0 Å². The first kappa shape index (κ1) is 22.9. The van der Waals surface area contributed by atoms with Gasteiger partial charge in [0.2, 0.25) is 11.8 Å². The van der Waals surface area contributed by atoms with Gasteiger partial charge in [0.1, 0.15) is 6.04 Å². The Hall–Kier alpha value is -2.82. The van der Waals surface area contributed by atoms with Crippen LogP contribution in [-0.4, -0.2) is 17.9 Å². The fourth-order valence-electron chi connectivity index (χ4n) is 3.40. The van der Waals surface area contributed by atoms with Crippen LogP contribution in [0, 0.1) is 0 Å². The zero-order valence-corrected chi connectivity index (χ0v) is 18.7. The van der Waals surface area contributed by atoms with Gasteiger partial charge in [0, 0.05) is 11.4 Å². The van der Waals surface area contributed by atoms with Gasteiger partial charge < -0.3 is 10.6 Å². The number of carbonyl (C=O) groups excluding carboxylic acids is 2. The Kier molecular flexibility index (Phi) is 8.10. The highest BCUT2D eigenvalue weighted by molar-refractivity contribution is 6.36. The molecule has 0 saturated carbocycles. The summed E-state index contributed by atoms with van der Waals surface area (Å²) in [4.78, 5) is 26.2. The van der Waals surface area contributed by atoms with Crippen molar-refractivity contribution in [2.75, 3.05) is 5.32 Å². The van der Waals surface area contributed by atoms with E-state index in [1.54, 1.807) is 18.2 Å². The lowest BCUT2D eigenvalue weighted by atomic mass is 9.94. The average molecular weight is 455 g/mol. The average Bonchev–Trinajstić information content (AvgIpc) is 2.77. The largest absolute Gasteiger partial charge is 0.343 e. The van der Waals surface area contributed by atoms with Crippen LogP contribution in [0.1, 0.15) is 30.4 Å². The molecular formula is C25H24Cl2N2O2. The topological polar surface area (TPSA) is 58.2 Å². The van der Waals surface area contributed by atoms with Gasteiger partial charge >= 0.3 is 0 Å². The van der Waals surface area contributed by atoms with E-state index in [-0.39, 0.29) is 17.7 Å². The van der Waals surface area contributed by atoms with Crippen LogP contribution in [0.2, 0.25) is 10.0 Å². The van der Waals surface area contributed by atoms with Crippen molar-refractivity contribution in [3.8, 4) is 0 Å². The second-order valence-corrected chi connectivity index (χ2v) is 8.08. The standard InChI is InChI=1S/C25H24Cl2N2O2/c1-2-20(18-11-7-4-8-12-18)24(30)29-23(15-17-9-5-3-6-10-17)25(31)28-22-14-13-19(26)16-21(22)27/h3-14,16,20,23H,2,15H2,1H3,(H,28,31)(H,29,30). The molecule has 2 amide bonds. The molecule has 4 nitrogen and oxygen atoms in total. The Balaban J connectivity index is 1.81. The molecule has 2 unspecified atom stereocenters. The monoisotopic (exact) mass is 454 g/mol. The predicted octanol–water partition coefficient (Wildman–Crippen LogP) is 5.85. The summed E-state index contributed by atoms with van der Waals surface area (Å²) in [6.07, 6.45) is 0.980. The molecule has 0 saturated heterocycles. The Morgan fingerprint density at radius 2 is 1.52 bits per heavy atom. The van der Waals surface area contributed by atoms with Crippen molar-refractivity contribution in [1.82, 2.24) is 5.32 Å². The van der Waals surface area contributed by atoms with E-state index < -0.39 is 6.04 Å². The minimum Gasteiger partial charge on any atom is -0.343 e. The normalized spacial score (nSPS) is 12.6. The predicted molar refractivity (Wildman–Crippen MR) is 127 cm³/mol. The molecule has 0 aliphatic rings. The maximum absolute atomic E-state index is 13.1. The van der Waals surface area contributed by atoms with Gasteiger partial charge in [0.05, 0.1) is 16.6 Å². The highest BCUT2D eigenvalue weighted by atomic mass is 35.5. The molecule has 0 spiro atoms. The van der Waals surface area contributed by atoms with E-state index in [2.05, 4.69) is 10.6 Å². The molecule has 0 aliphatic heterocycles. The molecule has 0 aromatic heterocycles. The van der Waals surface area contributed by atoms with E-state index >= 15 is 0 Å². The highest BCUT2D eigenvalue weighted by Gasteiger charge is 2.26. The van der Waals surface area contributed by atoms with E-state index in [9.17, 15) is 9.59 Å².